The number of carbonyl (C=O) groups is 3. The fraction of sp³-hybridized carbons (Fsp3) is 0.269. The third kappa shape index (κ3) is 5.29. The number of Topliss-reactive ketones (excluding diaryl/α,β-unsaturated/α-hetero) is 1. The average molecular weight is 513 g/mol. The highest BCUT2D eigenvalue weighted by Gasteiger charge is 2.36. The highest BCUT2D eigenvalue weighted by Crippen LogP contribution is 2.29. The molecule has 1 aromatic carbocycles. The zero-order valence-corrected chi connectivity index (χ0v) is 21.0. The van der Waals surface area contributed by atoms with Crippen molar-refractivity contribution in [3.05, 3.63) is 60.8 Å². The molecule has 2 amide bonds. The maximum atomic E-state index is 14.4. The number of halogens is 1. The van der Waals surface area contributed by atoms with E-state index in [0.717, 1.165) is 11.1 Å². The van der Waals surface area contributed by atoms with Gasteiger partial charge in [0, 0.05) is 58.9 Å². The summed E-state index contributed by atoms with van der Waals surface area (Å²) < 4.78 is 16.1. The van der Waals surface area contributed by atoms with Gasteiger partial charge in [-0.2, -0.15) is 10.2 Å². The summed E-state index contributed by atoms with van der Waals surface area (Å²) in [4.78, 5) is 48.0. The summed E-state index contributed by atoms with van der Waals surface area (Å²) in [6.45, 7) is 1.30. The van der Waals surface area contributed by atoms with Crippen LogP contribution in [0.4, 0.5) is 10.2 Å². The number of amides is 2. The van der Waals surface area contributed by atoms with Gasteiger partial charge in [0.25, 0.3) is 0 Å². The summed E-state index contributed by atoms with van der Waals surface area (Å²) in [6, 6.07) is 6.86. The molecule has 0 saturated carbocycles. The quantitative estimate of drug-likeness (QED) is 0.292. The summed E-state index contributed by atoms with van der Waals surface area (Å²) >= 11 is 0. The standard InChI is InChI=1S/C26H25BFN7O3/c1-15(36)21-13-34(22-3-2-16(6-20(21)22)17-4-5-30-31-9-17)14-26(38)35-12-18(28)7-19(35)8-25(37)33-24-11-29-10-23(27)32-24/h2-6,9-11,13,18-19H,7-8,12,14,27H2,1H3,(H,32,33,37)/t18-,19+/m1/s1. The number of benzene rings is 1. The van der Waals surface area contributed by atoms with Crippen molar-refractivity contribution in [1.29, 1.82) is 0 Å². The van der Waals surface area contributed by atoms with E-state index in [1.165, 1.54) is 18.0 Å². The highest BCUT2D eigenvalue weighted by atomic mass is 19.1. The molecule has 4 heterocycles. The van der Waals surface area contributed by atoms with Crippen LogP contribution in [-0.2, 0) is 16.1 Å². The molecular weight excluding hydrogens is 488 g/mol. The molecule has 38 heavy (non-hydrogen) atoms. The van der Waals surface area contributed by atoms with E-state index < -0.39 is 12.2 Å². The number of fused-ring (bicyclic) bond motifs is 1. The maximum Gasteiger partial charge on any atom is 0.242 e. The van der Waals surface area contributed by atoms with Crippen molar-refractivity contribution in [2.75, 3.05) is 11.9 Å². The number of anilines is 1. The lowest BCUT2D eigenvalue weighted by Crippen LogP contribution is -2.39. The molecule has 1 aliphatic heterocycles. The Morgan fingerprint density at radius 1 is 1.13 bits per heavy atom. The third-order valence-corrected chi connectivity index (χ3v) is 6.61. The number of nitrogens with one attached hydrogen (secondary N) is 1. The summed E-state index contributed by atoms with van der Waals surface area (Å²) in [5.74, 6) is -0.525. The second-order valence-electron chi connectivity index (χ2n) is 9.42. The Hall–Kier alpha value is -4.48. The lowest BCUT2D eigenvalue weighted by Gasteiger charge is -2.24. The molecule has 2 atom stereocenters. The molecule has 1 saturated heterocycles. The van der Waals surface area contributed by atoms with Crippen molar-refractivity contribution >= 4 is 47.8 Å². The van der Waals surface area contributed by atoms with Gasteiger partial charge in [-0.05, 0) is 30.7 Å². The summed E-state index contributed by atoms with van der Waals surface area (Å²) in [5, 5.41) is 11.1. The van der Waals surface area contributed by atoms with Gasteiger partial charge in [-0.3, -0.25) is 19.4 Å². The van der Waals surface area contributed by atoms with E-state index in [9.17, 15) is 18.8 Å². The zero-order valence-electron chi connectivity index (χ0n) is 21.0. The first-order valence-corrected chi connectivity index (χ1v) is 12.2. The number of ketones is 1. The normalized spacial score (nSPS) is 17.1. The Balaban J connectivity index is 1.35. The van der Waals surface area contributed by atoms with E-state index in [2.05, 4.69) is 25.5 Å². The van der Waals surface area contributed by atoms with Crippen LogP contribution in [-0.4, -0.2) is 73.8 Å². The summed E-state index contributed by atoms with van der Waals surface area (Å²) in [5.41, 5.74) is 3.55. The van der Waals surface area contributed by atoms with Crippen molar-refractivity contribution in [3.8, 4) is 11.1 Å². The number of aromatic nitrogens is 5. The van der Waals surface area contributed by atoms with E-state index in [4.69, 9.17) is 0 Å². The van der Waals surface area contributed by atoms with Gasteiger partial charge >= 0.3 is 0 Å². The molecule has 0 aliphatic carbocycles. The van der Waals surface area contributed by atoms with E-state index >= 15 is 0 Å². The number of nitrogens with zero attached hydrogens (tertiary/aromatic N) is 6. The molecule has 0 spiro atoms. The van der Waals surface area contributed by atoms with Crippen molar-refractivity contribution < 1.29 is 18.8 Å². The first-order chi connectivity index (χ1) is 18.3. The van der Waals surface area contributed by atoms with E-state index in [0.29, 0.717) is 27.9 Å². The van der Waals surface area contributed by atoms with Crippen molar-refractivity contribution in [3.63, 3.8) is 0 Å². The monoisotopic (exact) mass is 513 g/mol. The number of alkyl halides is 1. The van der Waals surface area contributed by atoms with Crippen molar-refractivity contribution in [2.24, 2.45) is 0 Å². The number of carbonyl (C=O) groups excluding carboxylic acids is 3. The Morgan fingerprint density at radius 3 is 2.71 bits per heavy atom. The zero-order chi connectivity index (χ0) is 26.8. The fourth-order valence-corrected chi connectivity index (χ4v) is 4.88. The molecule has 10 nitrogen and oxygen atoms in total. The molecule has 3 aromatic heterocycles. The number of likely N-dealkylation sites (tertiary alicyclic amines) is 1. The van der Waals surface area contributed by atoms with E-state index in [-0.39, 0.29) is 43.5 Å². The maximum absolute atomic E-state index is 14.4. The van der Waals surface area contributed by atoms with Gasteiger partial charge in [-0.25, -0.2) is 9.37 Å². The Bertz CT molecular complexity index is 1530. The van der Waals surface area contributed by atoms with Gasteiger partial charge in [0.05, 0.1) is 25.1 Å². The van der Waals surface area contributed by atoms with Gasteiger partial charge in [0.2, 0.25) is 11.8 Å². The minimum Gasteiger partial charge on any atom is -0.337 e. The molecule has 0 bridgehead atoms. The molecule has 192 valence electrons. The van der Waals surface area contributed by atoms with Crippen molar-refractivity contribution in [1.82, 2.24) is 29.6 Å². The summed E-state index contributed by atoms with van der Waals surface area (Å²) in [6.07, 6.45) is 6.68. The molecular formula is C26H25BFN7O3. The number of hydrogen-bond donors (Lipinski definition) is 1. The Labute approximate surface area is 218 Å². The largest absolute Gasteiger partial charge is 0.337 e. The fourth-order valence-electron chi connectivity index (χ4n) is 4.88. The average Bonchev–Trinajstić information content (AvgIpc) is 3.44. The molecule has 4 aromatic rings. The molecule has 1 fully saturated rings. The van der Waals surface area contributed by atoms with Gasteiger partial charge < -0.3 is 14.8 Å². The van der Waals surface area contributed by atoms with E-state index in [1.807, 2.05) is 24.3 Å². The van der Waals surface area contributed by atoms with Crippen LogP contribution < -0.4 is 10.9 Å². The van der Waals surface area contributed by atoms with Gasteiger partial charge in [0.15, 0.2) is 13.6 Å². The van der Waals surface area contributed by atoms with Crippen molar-refractivity contribution in [2.45, 2.75) is 38.5 Å². The molecule has 5 rings (SSSR count). The first kappa shape index (κ1) is 25.2. The predicted octanol–water partition coefficient (Wildman–Crippen LogP) is 1.32. The van der Waals surface area contributed by atoms with Crippen LogP contribution in [0.1, 0.15) is 30.1 Å². The highest BCUT2D eigenvalue weighted by molar-refractivity contribution is 6.30. The van der Waals surface area contributed by atoms with Crippen LogP contribution in [0.25, 0.3) is 22.0 Å². The first-order valence-electron chi connectivity index (χ1n) is 12.2. The van der Waals surface area contributed by atoms with E-state index in [1.54, 1.807) is 37.2 Å². The second-order valence-corrected chi connectivity index (χ2v) is 9.42. The Kier molecular flexibility index (Phi) is 6.95. The Morgan fingerprint density at radius 2 is 1.97 bits per heavy atom. The minimum absolute atomic E-state index is 0.0593. The molecule has 0 unspecified atom stereocenters. The molecule has 1 N–H and O–H groups in total. The van der Waals surface area contributed by atoms with Crippen LogP contribution in [0.15, 0.2) is 55.2 Å². The third-order valence-electron chi connectivity index (χ3n) is 6.61. The van der Waals surface area contributed by atoms with Crippen LogP contribution >= 0.6 is 0 Å². The van der Waals surface area contributed by atoms with Gasteiger partial charge in [0.1, 0.15) is 18.5 Å². The van der Waals surface area contributed by atoms with Gasteiger partial charge in [-0.15, -0.1) is 0 Å². The predicted molar refractivity (Wildman–Crippen MR) is 141 cm³/mol. The lowest BCUT2D eigenvalue weighted by atomic mass is 10.0. The minimum atomic E-state index is -1.22. The number of hydrogen-bond acceptors (Lipinski definition) is 7. The van der Waals surface area contributed by atoms with Crippen LogP contribution in [0.3, 0.4) is 0 Å². The van der Waals surface area contributed by atoms with Gasteiger partial charge in [-0.1, -0.05) is 6.07 Å². The smallest absolute Gasteiger partial charge is 0.242 e. The summed E-state index contributed by atoms with van der Waals surface area (Å²) in [7, 11) is 1.76. The topological polar surface area (TPSA) is 123 Å². The van der Waals surface area contributed by atoms with Crippen LogP contribution in [0, 0.1) is 0 Å². The second kappa shape index (κ2) is 10.5. The molecule has 1 aliphatic rings. The lowest BCUT2D eigenvalue weighted by molar-refractivity contribution is -0.133. The van der Waals surface area contributed by atoms with Crippen LogP contribution in [0.5, 0.6) is 0 Å². The molecule has 0 radical (unpaired) electrons. The van der Waals surface area contributed by atoms with Crippen LogP contribution in [0.2, 0.25) is 0 Å². The SMILES string of the molecule is Bc1cncc(NC(=O)C[C@@H]2C[C@@H](F)CN2C(=O)Cn2cc(C(C)=O)c3cc(-c4ccnnc4)ccc32)n1. The number of rotatable bonds is 7. The molecule has 12 heteroatoms.